The molecule has 6 nitrogen and oxygen atoms in total. The highest BCUT2D eigenvalue weighted by atomic mass is 16.4. The first-order valence-corrected chi connectivity index (χ1v) is 5.98. The Kier molecular flexibility index (Phi) is 2.72. The van der Waals surface area contributed by atoms with Crippen LogP contribution < -0.4 is 11.1 Å². The van der Waals surface area contributed by atoms with E-state index in [4.69, 9.17) is 4.42 Å². The van der Waals surface area contributed by atoms with Crippen LogP contribution in [0.25, 0.3) is 22.4 Å². The third-order valence-corrected chi connectivity index (χ3v) is 3.09. The number of fused-ring (bicyclic) bond motifs is 1. The Balaban J connectivity index is 2.07. The van der Waals surface area contributed by atoms with Gasteiger partial charge in [0.25, 0.3) is 0 Å². The molecule has 1 aromatic carbocycles. The monoisotopic (exact) mass is 258 g/mol. The minimum atomic E-state index is -0.356. The maximum absolute atomic E-state index is 11.4. The Hall–Kier alpha value is -2.34. The number of nitrogens with one attached hydrogen (secondary N) is 2. The van der Waals surface area contributed by atoms with Crippen LogP contribution in [0.2, 0.25) is 0 Å². The molecular weight excluding hydrogens is 244 g/mol. The van der Waals surface area contributed by atoms with E-state index in [2.05, 4.69) is 15.5 Å². The van der Waals surface area contributed by atoms with Crippen LogP contribution in [0.1, 0.15) is 5.69 Å². The van der Waals surface area contributed by atoms with Crippen molar-refractivity contribution in [2.24, 2.45) is 7.05 Å². The molecule has 3 rings (SSSR count). The lowest BCUT2D eigenvalue weighted by molar-refractivity contribution is 0.528. The number of rotatable bonds is 3. The van der Waals surface area contributed by atoms with Gasteiger partial charge in [-0.3, -0.25) is 9.67 Å². The molecule has 0 radical (unpaired) electrons. The van der Waals surface area contributed by atoms with Crippen LogP contribution in [0.4, 0.5) is 0 Å². The van der Waals surface area contributed by atoms with Crippen LogP contribution in [-0.2, 0) is 13.6 Å². The molecule has 98 valence electrons. The molecule has 3 aromatic rings. The quantitative estimate of drug-likeness (QED) is 0.741. The molecule has 0 atom stereocenters. The van der Waals surface area contributed by atoms with Crippen molar-refractivity contribution >= 4 is 11.1 Å². The zero-order chi connectivity index (χ0) is 13.4. The second-order valence-corrected chi connectivity index (χ2v) is 4.42. The zero-order valence-electron chi connectivity index (χ0n) is 10.7. The van der Waals surface area contributed by atoms with Crippen LogP contribution in [0.5, 0.6) is 0 Å². The van der Waals surface area contributed by atoms with Gasteiger partial charge in [-0.25, -0.2) is 4.79 Å². The average Bonchev–Trinajstić information content (AvgIpc) is 2.96. The topological polar surface area (TPSA) is 75.8 Å². The minimum Gasteiger partial charge on any atom is -0.408 e. The molecule has 2 N–H and O–H groups in total. The van der Waals surface area contributed by atoms with E-state index in [9.17, 15) is 4.79 Å². The van der Waals surface area contributed by atoms with Gasteiger partial charge in [-0.15, -0.1) is 0 Å². The number of hydrogen-bond acceptors (Lipinski definition) is 4. The van der Waals surface area contributed by atoms with Crippen molar-refractivity contribution in [2.45, 2.75) is 6.54 Å². The van der Waals surface area contributed by atoms with Gasteiger partial charge < -0.3 is 9.73 Å². The number of hydrogen-bond donors (Lipinski definition) is 2. The van der Waals surface area contributed by atoms with Crippen molar-refractivity contribution in [3.05, 3.63) is 40.5 Å². The second-order valence-electron chi connectivity index (χ2n) is 4.42. The molecule has 0 saturated carbocycles. The van der Waals surface area contributed by atoms with E-state index in [-0.39, 0.29) is 5.76 Å². The number of H-pyrrole nitrogens is 1. The number of benzene rings is 1. The lowest BCUT2D eigenvalue weighted by Gasteiger charge is -1.96. The van der Waals surface area contributed by atoms with Crippen molar-refractivity contribution < 1.29 is 4.42 Å². The molecule has 0 aliphatic rings. The summed E-state index contributed by atoms with van der Waals surface area (Å²) in [5, 5.41) is 10.3. The summed E-state index contributed by atoms with van der Waals surface area (Å²) < 4.78 is 6.65. The van der Waals surface area contributed by atoms with Crippen LogP contribution in [-0.4, -0.2) is 21.8 Å². The smallest absolute Gasteiger partial charge is 0.408 e. The molecule has 0 saturated heterocycles. The highest BCUT2D eigenvalue weighted by Gasteiger charge is 2.09. The summed E-state index contributed by atoms with van der Waals surface area (Å²) in [6.45, 7) is 0.732. The van der Waals surface area contributed by atoms with Crippen LogP contribution in [0.15, 0.2) is 33.5 Å². The highest BCUT2D eigenvalue weighted by Crippen LogP contribution is 2.22. The number of oxazole rings is 1. The van der Waals surface area contributed by atoms with Crippen LogP contribution in [0, 0.1) is 0 Å². The van der Waals surface area contributed by atoms with E-state index < -0.39 is 0 Å². The Morgan fingerprint density at radius 1 is 1.42 bits per heavy atom. The number of aromatic nitrogens is 3. The Labute approximate surface area is 109 Å². The molecule has 0 amide bonds. The molecule has 0 fully saturated rings. The normalized spacial score (nSPS) is 11.3. The first-order valence-electron chi connectivity index (χ1n) is 5.98. The summed E-state index contributed by atoms with van der Waals surface area (Å²) in [7, 11) is 3.57. The van der Waals surface area contributed by atoms with Gasteiger partial charge in [-0.1, -0.05) is 6.07 Å². The third-order valence-electron chi connectivity index (χ3n) is 3.09. The summed E-state index contributed by atoms with van der Waals surface area (Å²) in [6, 6.07) is 7.59. The highest BCUT2D eigenvalue weighted by molar-refractivity contribution is 5.79. The van der Waals surface area contributed by atoms with Crippen molar-refractivity contribution in [3.63, 3.8) is 0 Å². The largest absolute Gasteiger partial charge is 0.419 e. The van der Waals surface area contributed by atoms with Crippen LogP contribution >= 0.6 is 0 Å². The van der Waals surface area contributed by atoms with Gasteiger partial charge in [0.2, 0.25) is 0 Å². The SMILES string of the molecule is CNCc1cc(-c2ccc3c(c2)oc(=O)n3C)n[nH]1. The summed E-state index contributed by atoms with van der Waals surface area (Å²) in [5.41, 5.74) is 4.11. The Morgan fingerprint density at radius 3 is 3.05 bits per heavy atom. The number of nitrogens with zero attached hydrogens (tertiary/aromatic N) is 2. The van der Waals surface area contributed by atoms with Gasteiger partial charge >= 0.3 is 5.76 Å². The Bertz CT molecular complexity index is 781. The maximum Gasteiger partial charge on any atom is 0.419 e. The number of aryl methyl sites for hydroxylation is 1. The van der Waals surface area contributed by atoms with Crippen molar-refractivity contribution in [3.8, 4) is 11.3 Å². The molecule has 0 unspecified atom stereocenters. The van der Waals surface area contributed by atoms with Gasteiger partial charge in [-0.2, -0.15) is 5.10 Å². The van der Waals surface area contributed by atoms with Crippen molar-refractivity contribution in [1.82, 2.24) is 20.1 Å². The molecule has 2 heterocycles. The third kappa shape index (κ3) is 1.96. The van der Waals surface area contributed by atoms with Gasteiger partial charge in [0.15, 0.2) is 5.58 Å². The number of aromatic amines is 1. The molecule has 2 aromatic heterocycles. The molecule has 0 aliphatic carbocycles. The summed E-state index contributed by atoms with van der Waals surface area (Å²) in [5.74, 6) is -0.356. The first-order chi connectivity index (χ1) is 9.19. The van der Waals surface area contributed by atoms with Gasteiger partial charge in [0.1, 0.15) is 0 Å². The van der Waals surface area contributed by atoms with Gasteiger partial charge in [0.05, 0.1) is 11.2 Å². The lowest BCUT2D eigenvalue weighted by Crippen LogP contribution is -2.08. The molecule has 6 heteroatoms. The summed E-state index contributed by atoms with van der Waals surface area (Å²) >= 11 is 0. The standard InChI is InChI=1S/C13H14N4O2/c1-14-7-9-6-10(16-15-9)8-3-4-11-12(5-8)19-13(18)17(11)2/h3-6,14H,7H2,1-2H3,(H,15,16). The second kappa shape index (κ2) is 4.40. The molecule has 0 bridgehead atoms. The van der Waals surface area contributed by atoms with E-state index in [0.717, 1.165) is 29.0 Å². The van der Waals surface area contributed by atoms with E-state index in [1.165, 1.54) is 4.57 Å². The van der Waals surface area contributed by atoms with Crippen LogP contribution in [0.3, 0.4) is 0 Å². The van der Waals surface area contributed by atoms with E-state index in [1.807, 2.05) is 31.3 Å². The molecule has 19 heavy (non-hydrogen) atoms. The predicted octanol–water partition coefficient (Wildman–Crippen LogP) is 1.24. The fourth-order valence-corrected chi connectivity index (χ4v) is 2.08. The maximum atomic E-state index is 11.4. The molecule has 0 aliphatic heterocycles. The molecular formula is C13H14N4O2. The first kappa shape index (κ1) is 11.7. The molecule has 0 spiro atoms. The lowest BCUT2D eigenvalue weighted by atomic mass is 10.1. The average molecular weight is 258 g/mol. The van der Waals surface area contributed by atoms with Crippen molar-refractivity contribution in [1.29, 1.82) is 0 Å². The van der Waals surface area contributed by atoms with E-state index in [0.29, 0.717) is 5.58 Å². The van der Waals surface area contributed by atoms with Crippen molar-refractivity contribution in [2.75, 3.05) is 7.05 Å². The zero-order valence-corrected chi connectivity index (χ0v) is 10.7. The predicted molar refractivity (Wildman–Crippen MR) is 71.8 cm³/mol. The van der Waals surface area contributed by atoms with E-state index >= 15 is 0 Å². The fourth-order valence-electron chi connectivity index (χ4n) is 2.08. The van der Waals surface area contributed by atoms with Gasteiger partial charge in [0, 0.05) is 24.8 Å². The minimum absolute atomic E-state index is 0.356. The Morgan fingerprint density at radius 2 is 2.26 bits per heavy atom. The fraction of sp³-hybridized carbons (Fsp3) is 0.231. The summed E-state index contributed by atoms with van der Waals surface area (Å²) in [4.78, 5) is 11.4. The van der Waals surface area contributed by atoms with Gasteiger partial charge in [-0.05, 0) is 25.2 Å². The van der Waals surface area contributed by atoms with E-state index in [1.54, 1.807) is 7.05 Å². The summed E-state index contributed by atoms with van der Waals surface area (Å²) in [6.07, 6.45) is 0.